The summed E-state index contributed by atoms with van der Waals surface area (Å²) in [6.07, 6.45) is 0.687. The SMILES string of the molecule is CCOc1cc(C2/C(=C(\O)c3ccc4c(c3)CC(C)O4)C(=O)C(=O)N2c2nc3c(C)cc(C)cc3s2)ccc1O. The van der Waals surface area contributed by atoms with Crippen LogP contribution < -0.4 is 14.4 Å². The van der Waals surface area contributed by atoms with Crippen molar-refractivity contribution < 1.29 is 29.3 Å². The second kappa shape index (κ2) is 9.67. The third-order valence-electron chi connectivity index (χ3n) is 7.24. The minimum absolute atomic E-state index is 0.0121. The van der Waals surface area contributed by atoms with Crippen molar-refractivity contribution in [1.29, 1.82) is 0 Å². The lowest BCUT2D eigenvalue weighted by Gasteiger charge is -2.23. The van der Waals surface area contributed by atoms with Crippen LogP contribution in [-0.2, 0) is 16.0 Å². The zero-order valence-corrected chi connectivity index (χ0v) is 23.3. The molecule has 1 saturated heterocycles. The molecule has 0 spiro atoms. The average molecular weight is 557 g/mol. The number of aromatic hydroxyl groups is 1. The highest BCUT2D eigenvalue weighted by molar-refractivity contribution is 7.22. The Balaban J connectivity index is 1.56. The number of anilines is 1. The molecule has 1 fully saturated rings. The number of hydrogen-bond acceptors (Lipinski definition) is 8. The number of phenolic OH excluding ortho intramolecular Hbond substituents is 1. The normalized spacial score (nSPS) is 19.8. The van der Waals surface area contributed by atoms with Crippen LogP contribution in [0.25, 0.3) is 16.0 Å². The van der Waals surface area contributed by atoms with Gasteiger partial charge < -0.3 is 19.7 Å². The van der Waals surface area contributed by atoms with Crippen LogP contribution in [0.4, 0.5) is 5.13 Å². The summed E-state index contributed by atoms with van der Waals surface area (Å²) in [5.74, 6) is -1.00. The van der Waals surface area contributed by atoms with Crippen molar-refractivity contribution in [1.82, 2.24) is 4.98 Å². The zero-order valence-electron chi connectivity index (χ0n) is 22.5. The number of carbonyl (C=O) groups excluding carboxylic acids is 2. The molecule has 1 amide bonds. The molecule has 6 rings (SSSR count). The lowest BCUT2D eigenvalue weighted by Crippen LogP contribution is -2.29. The Morgan fingerprint density at radius 1 is 1.15 bits per heavy atom. The van der Waals surface area contributed by atoms with Crippen LogP contribution in [0.2, 0.25) is 0 Å². The highest BCUT2D eigenvalue weighted by atomic mass is 32.1. The van der Waals surface area contributed by atoms with Crippen molar-refractivity contribution >= 4 is 44.1 Å². The van der Waals surface area contributed by atoms with E-state index in [0.717, 1.165) is 32.7 Å². The molecule has 2 N–H and O–H groups in total. The Bertz CT molecular complexity index is 1740. The fourth-order valence-electron chi connectivity index (χ4n) is 5.50. The zero-order chi connectivity index (χ0) is 28.3. The van der Waals surface area contributed by atoms with Gasteiger partial charge in [0.1, 0.15) is 17.6 Å². The van der Waals surface area contributed by atoms with Crippen LogP contribution in [0.15, 0.2) is 54.1 Å². The van der Waals surface area contributed by atoms with E-state index in [2.05, 4.69) is 0 Å². The minimum Gasteiger partial charge on any atom is -0.507 e. The van der Waals surface area contributed by atoms with Crippen molar-refractivity contribution in [2.45, 2.75) is 46.3 Å². The maximum atomic E-state index is 13.7. The quantitative estimate of drug-likeness (QED) is 0.177. The van der Waals surface area contributed by atoms with E-state index in [4.69, 9.17) is 14.5 Å². The van der Waals surface area contributed by atoms with E-state index >= 15 is 0 Å². The Hall–Kier alpha value is -4.37. The van der Waals surface area contributed by atoms with Gasteiger partial charge in [-0.15, -0.1) is 0 Å². The monoisotopic (exact) mass is 556 g/mol. The molecule has 2 aliphatic rings. The molecule has 1 aromatic heterocycles. The summed E-state index contributed by atoms with van der Waals surface area (Å²) in [6, 6.07) is 12.9. The first-order valence-electron chi connectivity index (χ1n) is 13.1. The van der Waals surface area contributed by atoms with Gasteiger partial charge in [-0.1, -0.05) is 23.5 Å². The van der Waals surface area contributed by atoms with E-state index in [-0.39, 0.29) is 28.9 Å². The first-order chi connectivity index (χ1) is 19.2. The van der Waals surface area contributed by atoms with E-state index in [1.165, 1.54) is 22.3 Å². The fourth-order valence-corrected chi connectivity index (χ4v) is 6.67. The first-order valence-corrected chi connectivity index (χ1v) is 13.9. The Morgan fingerprint density at radius 3 is 2.73 bits per heavy atom. The van der Waals surface area contributed by atoms with Crippen molar-refractivity contribution in [3.8, 4) is 17.2 Å². The summed E-state index contributed by atoms with van der Waals surface area (Å²) >= 11 is 1.31. The van der Waals surface area contributed by atoms with Crippen LogP contribution in [0.1, 0.15) is 47.7 Å². The number of thiazole rings is 1. The van der Waals surface area contributed by atoms with Crippen molar-refractivity contribution in [2.24, 2.45) is 0 Å². The smallest absolute Gasteiger partial charge is 0.301 e. The number of ketones is 1. The largest absolute Gasteiger partial charge is 0.507 e. The standard InChI is InChI=1S/C31H28N2O6S/c1-5-38-23-14-18(6-8-21(23)34)27-25(28(35)19-7-9-22-20(13-19)12-17(4)39-22)29(36)30(37)33(27)31-32-26-16(3)10-15(2)11-24(26)40-31/h6-11,13-14,17,27,34-35H,5,12H2,1-4H3/b28-25+. The number of aryl methyl sites for hydroxylation is 2. The number of amides is 1. The number of aliphatic hydroxyl groups is 1. The number of rotatable bonds is 5. The fraction of sp³-hybridized carbons (Fsp3) is 0.258. The van der Waals surface area contributed by atoms with E-state index in [9.17, 15) is 19.8 Å². The molecule has 0 saturated carbocycles. The van der Waals surface area contributed by atoms with Gasteiger partial charge in [0.2, 0.25) is 0 Å². The second-order valence-electron chi connectivity index (χ2n) is 10.2. The van der Waals surface area contributed by atoms with Gasteiger partial charge >= 0.3 is 5.91 Å². The van der Waals surface area contributed by atoms with Crippen LogP contribution >= 0.6 is 11.3 Å². The van der Waals surface area contributed by atoms with Gasteiger partial charge in [0.05, 0.1) is 28.4 Å². The number of fused-ring (bicyclic) bond motifs is 2. The molecule has 204 valence electrons. The van der Waals surface area contributed by atoms with Gasteiger partial charge in [0.25, 0.3) is 5.78 Å². The van der Waals surface area contributed by atoms with E-state index < -0.39 is 17.7 Å². The molecule has 40 heavy (non-hydrogen) atoms. The Labute approximate surface area is 235 Å². The Morgan fingerprint density at radius 2 is 1.95 bits per heavy atom. The second-order valence-corrected chi connectivity index (χ2v) is 11.2. The number of benzene rings is 3. The number of hydrogen-bond donors (Lipinski definition) is 2. The lowest BCUT2D eigenvalue weighted by molar-refractivity contribution is -0.132. The van der Waals surface area contributed by atoms with E-state index in [1.54, 1.807) is 37.3 Å². The van der Waals surface area contributed by atoms with Gasteiger partial charge in [-0.3, -0.25) is 14.5 Å². The highest BCUT2D eigenvalue weighted by Gasteiger charge is 2.48. The average Bonchev–Trinajstić information content (AvgIpc) is 3.57. The van der Waals surface area contributed by atoms with Crippen molar-refractivity contribution in [3.05, 3.63) is 81.9 Å². The van der Waals surface area contributed by atoms with E-state index in [0.29, 0.717) is 29.3 Å². The molecule has 8 nitrogen and oxygen atoms in total. The van der Waals surface area contributed by atoms with Crippen LogP contribution in [0.3, 0.4) is 0 Å². The van der Waals surface area contributed by atoms with Crippen molar-refractivity contribution in [2.75, 3.05) is 11.5 Å². The van der Waals surface area contributed by atoms with Crippen LogP contribution in [0.5, 0.6) is 17.2 Å². The van der Waals surface area contributed by atoms with Crippen LogP contribution in [-0.4, -0.2) is 39.6 Å². The first kappa shape index (κ1) is 25.9. The van der Waals surface area contributed by atoms with Gasteiger partial charge in [-0.05, 0) is 86.3 Å². The van der Waals surface area contributed by atoms with Gasteiger partial charge in [0, 0.05) is 12.0 Å². The number of aliphatic hydroxyl groups excluding tert-OH is 1. The molecule has 9 heteroatoms. The molecule has 4 aromatic rings. The number of Topliss-reactive ketones (excluding diaryl/α,β-unsaturated/α-hetero) is 1. The van der Waals surface area contributed by atoms with Crippen LogP contribution in [0, 0.1) is 13.8 Å². The number of phenols is 1. The van der Waals surface area contributed by atoms with Gasteiger partial charge in [-0.2, -0.15) is 0 Å². The molecule has 0 bridgehead atoms. The predicted molar refractivity (Wildman–Crippen MR) is 153 cm³/mol. The molecule has 2 aliphatic heterocycles. The lowest BCUT2D eigenvalue weighted by atomic mass is 9.94. The summed E-state index contributed by atoms with van der Waals surface area (Å²) in [6.45, 7) is 8.02. The maximum Gasteiger partial charge on any atom is 0.301 e. The molecule has 2 atom stereocenters. The van der Waals surface area contributed by atoms with Gasteiger partial charge in [0.15, 0.2) is 16.6 Å². The molecule has 0 radical (unpaired) electrons. The summed E-state index contributed by atoms with van der Waals surface area (Å²) in [4.78, 5) is 33.4. The predicted octanol–water partition coefficient (Wildman–Crippen LogP) is 5.97. The summed E-state index contributed by atoms with van der Waals surface area (Å²) < 4.78 is 12.3. The van der Waals surface area contributed by atoms with E-state index in [1.807, 2.05) is 32.9 Å². The third kappa shape index (κ3) is 4.17. The highest BCUT2D eigenvalue weighted by Crippen LogP contribution is 2.46. The summed E-state index contributed by atoms with van der Waals surface area (Å²) in [5.41, 5.74) is 4.54. The van der Waals surface area contributed by atoms with Crippen molar-refractivity contribution in [3.63, 3.8) is 0 Å². The number of aromatic nitrogens is 1. The molecule has 3 aromatic carbocycles. The minimum atomic E-state index is -0.995. The summed E-state index contributed by atoms with van der Waals surface area (Å²) in [7, 11) is 0. The Kier molecular flexibility index (Phi) is 6.26. The summed E-state index contributed by atoms with van der Waals surface area (Å²) in [5, 5.41) is 22.3. The number of ether oxygens (including phenoxy) is 2. The molecular weight excluding hydrogens is 528 g/mol. The molecular formula is C31H28N2O6S. The third-order valence-corrected chi connectivity index (χ3v) is 8.24. The number of carbonyl (C=O) groups is 2. The maximum absolute atomic E-state index is 13.7. The topological polar surface area (TPSA) is 109 Å². The molecule has 0 aliphatic carbocycles. The molecule has 3 heterocycles. The number of nitrogens with zero attached hydrogens (tertiary/aromatic N) is 2. The molecule has 2 unspecified atom stereocenters. The van der Waals surface area contributed by atoms with Gasteiger partial charge in [-0.25, -0.2) is 4.98 Å².